The molecule has 2 rings (SSSR count). The average molecular weight is 411 g/mol. The fourth-order valence-corrected chi connectivity index (χ4v) is 7.10. The third kappa shape index (κ3) is 9.25. The van der Waals surface area contributed by atoms with E-state index < -0.39 is 0 Å². The summed E-state index contributed by atoms with van der Waals surface area (Å²) >= 11 is 4.28. The van der Waals surface area contributed by atoms with Gasteiger partial charge in [0, 0.05) is 6.61 Å². The number of rotatable bonds is 9. The second kappa shape index (κ2) is 12.4. The highest BCUT2D eigenvalue weighted by atomic mass is 32.2. The average Bonchev–Trinajstić information content (AvgIpc) is 2.62. The topological polar surface area (TPSA) is 18.5 Å². The largest absolute Gasteiger partial charge is 0.353 e. The van der Waals surface area contributed by atoms with E-state index in [2.05, 4.69) is 69.4 Å². The molecule has 0 saturated carbocycles. The smallest absolute Gasteiger partial charge is 0.157 e. The monoisotopic (exact) mass is 410 g/mol. The Balaban J connectivity index is 1.74. The summed E-state index contributed by atoms with van der Waals surface area (Å²) in [7, 11) is 0. The maximum absolute atomic E-state index is 5.81. The Kier molecular flexibility index (Phi) is 10.6. The molecule has 154 valence electrons. The van der Waals surface area contributed by atoms with Gasteiger partial charge in [0.05, 0.1) is 10.7 Å². The predicted molar refractivity (Wildman–Crippen MR) is 123 cm³/mol. The highest BCUT2D eigenvalue weighted by Gasteiger charge is 2.31. The zero-order valence-electron chi connectivity index (χ0n) is 17.7. The number of hydrogen-bond acceptors (Lipinski definition) is 4. The summed E-state index contributed by atoms with van der Waals surface area (Å²) in [5.74, 6) is 2.58. The van der Waals surface area contributed by atoms with Crippen LogP contribution in [0.25, 0.3) is 0 Å². The maximum atomic E-state index is 5.81. The molecular weight excluding hydrogens is 372 g/mol. The molecule has 4 heteroatoms. The number of ether oxygens (including phenoxy) is 2. The van der Waals surface area contributed by atoms with Gasteiger partial charge < -0.3 is 9.47 Å². The van der Waals surface area contributed by atoms with E-state index in [0.29, 0.717) is 6.61 Å². The third-order valence-corrected chi connectivity index (χ3v) is 8.09. The van der Waals surface area contributed by atoms with Crippen molar-refractivity contribution in [2.24, 2.45) is 0 Å². The molecule has 0 aromatic heterocycles. The van der Waals surface area contributed by atoms with Gasteiger partial charge in [0.1, 0.15) is 0 Å². The predicted octanol–water partition coefficient (Wildman–Crippen LogP) is 7.13. The van der Waals surface area contributed by atoms with E-state index in [9.17, 15) is 0 Å². The van der Waals surface area contributed by atoms with E-state index in [1.165, 1.54) is 53.9 Å². The van der Waals surface area contributed by atoms with Gasteiger partial charge >= 0.3 is 0 Å². The Hall–Kier alpha value is -0.160. The van der Waals surface area contributed by atoms with Crippen molar-refractivity contribution in [1.82, 2.24) is 0 Å². The lowest BCUT2D eigenvalue weighted by Gasteiger charge is -2.34. The maximum Gasteiger partial charge on any atom is 0.157 e. The second-order valence-electron chi connectivity index (χ2n) is 8.03. The van der Waals surface area contributed by atoms with Gasteiger partial charge in [0.2, 0.25) is 0 Å². The summed E-state index contributed by atoms with van der Waals surface area (Å²) in [6.07, 6.45) is 15.4. The second-order valence-corrected chi connectivity index (χ2v) is 11.1. The number of thioether (sulfide) groups is 2. The zero-order chi connectivity index (χ0) is 19.5. The van der Waals surface area contributed by atoms with Gasteiger partial charge in [-0.25, -0.2) is 0 Å². The van der Waals surface area contributed by atoms with Crippen LogP contribution in [-0.4, -0.2) is 35.1 Å². The molecule has 2 heterocycles. The fourth-order valence-electron chi connectivity index (χ4n) is 3.52. The molecule has 2 fully saturated rings. The van der Waals surface area contributed by atoms with Crippen LogP contribution in [0.15, 0.2) is 34.9 Å². The summed E-state index contributed by atoms with van der Waals surface area (Å²) in [6.45, 7) is 10.5. The molecule has 0 aromatic rings. The van der Waals surface area contributed by atoms with E-state index in [0.717, 1.165) is 25.9 Å². The summed E-state index contributed by atoms with van der Waals surface area (Å²) in [6, 6.07) is 0. The first-order valence-electron chi connectivity index (χ1n) is 10.5. The van der Waals surface area contributed by atoms with E-state index in [1.54, 1.807) is 0 Å². The first-order chi connectivity index (χ1) is 13.0. The summed E-state index contributed by atoms with van der Waals surface area (Å²) in [5, 5.41) is 0. The molecule has 27 heavy (non-hydrogen) atoms. The molecule has 2 aliphatic rings. The summed E-state index contributed by atoms with van der Waals surface area (Å²) in [4.78, 5) is 0. The van der Waals surface area contributed by atoms with Crippen molar-refractivity contribution in [3.8, 4) is 0 Å². The van der Waals surface area contributed by atoms with Crippen molar-refractivity contribution in [3.05, 3.63) is 34.9 Å². The summed E-state index contributed by atoms with van der Waals surface area (Å²) in [5.41, 5.74) is 4.37. The van der Waals surface area contributed by atoms with E-state index in [4.69, 9.17) is 9.47 Å². The van der Waals surface area contributed by atoms with Gasteiger partial charge in [-0.1, -0.05) is 34.9 Å². The molecule has 0 aliphatic carbocycles. The molecule has 0 N–H and O–H groups in total. The Labute approximate surface area is 175 Å². The Morgan fingerprint density at radius 3 is 2.48 bits per heavy atom. The van der Waals surface area contributed by atoms with E-state index >= 15 is 0 Å². The molecule has 2 nitrogen and oxygen atoms in total. The van der Waals surface area contributed by atoms with Crippen LogP contribution in [0, 0.1) is 0 Å². The molecule has 0 amide bonds. The molecule has 1 atom stereocenters. The first-order valence-corrected chi connectivity index (χ1v) is 12.4. The zero-order valence-corrected chi connectivity index (χ0v) is 19.4. The Morgan fingerprint density at radius 2 is 1.81 bits per heavy atom. The molecule has 0 bridgehead atoms. The van der Waals surface area contributed by atoms with Gasteiger partial charge in [-0.05, 0) is 84.1 Å². The summed E-state index contributed by atoms with van der Waals surface area (Å²) < 4.78 is 11.7. The lowest BCUT2D eigenvalue weighted by Crippen LogP contribution is -2.23. The van der Waals surface area contributed by atoms with Crippen LogP contribution < -0.4 is 0 Å². The van der Waals surface area contributed by atoms with Gasteiger partial charge in [-0.3, -0.25) is 0 Å². The van der Waals surface area contributed by atoms with Crippen molar-refractivity contribution in [2.75, 3.05) is 24.7 Å². The molecule has 2 aliphatic heterocycles. The van der Waals surface area contributed by atoms with Crippen LogP contribution in [0.5, 0.6) is 0 Å². The fraction of sp³-hybridized carbons (Fsp3) is 0.739. The quantitative estimate of drug-likeness (QED) is 0.376. The van der Waals surface area contributed by atoms with Crippen LogP contribution in [0.2, 0.25) is 0 Å². The van der Waals surface area contributed by atoms with Gasteiger partial charge in [0.25, 0.3) is 0 Å². The Bertz CT molecular complexity index is 520. The minimum atomic E-state index is 0.0155. The van der Waals surface area contributed by atoms with Crippen LogP contribution in [-0.2, 0) is 9.47 Å². The molecule has 0 spiro atoms. The van der Waals surface area contributed by atoms with Crippen LogP contribution in [0.4, 0.5) is 0 Å². The Morgan fingerprint density at radius 1 is 1.04 bits per heavy atom. The third-order valence-electron chi connectivity index (χ3n) is 4.90. The van der Waals surface area contributed by atoms with Crippen molar-refractivity contribution in [3.63, 3.8) is 0 Å². The lowest BCUT2D eigenvalue weighted by atomic mass is 10.1. The molecule has 0 radical (unpaired) electrons. The van der Waals surface area contributed by atoms with Crippen LogP contribution in [0.1, 0.15) is 72.6 Å². The van der Waals surface area contributed by atoms with Crippen molar-refractivity contribution >= 4 is 23.5 Å². The molecular formula is C23H38O2S2. The van der Waals surface area contributed by atoms with Gasteiger partial charge in [0.15, 0.2) is 6.29 Å². The highest BCUT2D eigenvalue weighted by Crippen LogP contribution is 2.48. The van der Waals surface area contributed by atoms with E-state index in [-0.39, 0.29) is 10.4 Å². The van der Waals surface area contributed by atoms with Crippen molar-refractivity contribution in [1.29, 1.82) is 0 Å². The lowest BCUT2D eigenvalue weighted by molar-refractivity contribution is -0.155. The highest BCUT2D eigenvalue weighted by molar-refractivity contribution is 8.19. The molecule has 2 saturated heterocycles. The number of allylic oxidation sites excluding steroid dienone is 4. The van der Waals surface area contributed by atoms with Crippen molar-refractivity contribution < 1.29 is 9.47 Å². The SMILES string of the molecule is CC(C)=CC1(C/C(C)=C\CC/C(C)=C/COC2CCCCO2)SCCCS1. The van der Waals surface area contributed by atoms with E-state index in [1.807, 2.05) is 0 Å². The van der Waals surface area contributed by atoms with Crippen LogP contribution in [0.3, 0.4) is 0 Å². The minimum Gasteiger partial charge on any atom is -0.353 e. The molecule has 1 unspecified atom stereocenters. The van der Waals surface area contributed by atoms with Gasteiger partial charge in [-0.2, -0.15) is 0 Å². The number of hydrogen-bond donors (Lipinski definition) is 0. The first kappa shape index (κ1) is 23.1. The normalized spacial score (nSPS) is 23.9. The molecule has 0 aromatic carbocycles. The van der Waals surface area contributed by atoms with Crippen LogP contribution >= 0.6 is 23.5 Å². The van der Waals surface area contributed by atoms with Crippen molar-refractivity contribution in [2.45, 2.75) is 83.0 Å². The van der Waals surface area contributed by atoms with Gasteiger partial charge in [-0.15, -0.1) is 23.5 Å². The minimum absolute atomic E-state index is 0.0155. The standard InChI is InChI=1S/C23H38O2S2/c1-19(2)17-23(26-15-8-16-27-23)18-21(4)10-7-9-20(3)12-14-25-22-11-5-6-13-24-22/h10,12,17,22H,5-9,11,13-16,18H2,1-4H3/b20-12+,21-10-.